The van der Waals surface area contributed by atoms with Crippen LogP contribution in [0, 0.1) is 6.92 Å². The lowest BCUT2D eigenvalue weighted by atomic mass is 10.2. The highest BCUT2D eigenvalue weighted by Crippen LogP contribution is 2.03. The Labute approximate surface area is 176 Å². The van der Waals surface area contributed by atoms with Crippen LogP contribution < -0.4 is 10.7 Å². The molecule has 30 heavy (non-hydrogen) atoms. The first-order valence-electron chi connectivity index (χ1n) is 8.99. The van der Waals surface area contributed by atoms with Crippen molar-refractivity contribution in [2.45, 2.75) is 20.8 Å². The third kappa shape index (κ3) is 11.9. The molecule has 1 rings (SSSR count). The van der Waals surface area contributed by atoms with E-state index in [0.717, 1.165) is 17.5 Å². The number of nitrogens with one attached hydrogen (secondary N) is 2. The number of furan rings is 1. The van der Waals surface area contributed by atoms with E-state index in [9.17, 15) is 14.0 Å². The van der Waals surface area contributed by atoms with Gasteiger partial charge < -0.3 is 9.73 Å². The van der Waals surface area contributed by atoms with Crippen molar-refractivity contribution in [3.8, 4) is 0 Å². The van der Waals surface area contributed by atoms with Crippen molar-refractivity contribution in [1.29, 1.82) is 0 Å². The number of hydrogen-bond acceptors (Lipinski definition) is 5. The number of amides is 1. The van der Waals surface area contributed by atoms with E-state index in [0.29, 0.717) is 23.2 Å². The molecule has 0 bridgehead atoms. The minimum Gasteiger partial charge on any atom is -0.460 e. The summed E-state index contributed by atoms with van der Waals surface area (Å²) in [5, 5.41) is 6.79. The van der Waals surface area contributed by atoms with Crippen LogP contribution in [0.5, 0.6) is 0 Å². The number of hydrazone groups is 1. The summed E-state index contributed by atoms with van der Waals surface area (Å²) in [6.45, 7) is 11.9. The summed E-state index contributed by atoms with van der Waals surface area (Å²) in [4.78, 5) is 21.9. The van der Waals surface area contributed by atoms with Crippen molar-refractivity contribution in [3.05, 3.63) is 95.9 Å². The molecule has 0 saturated heterocycles. The zero-order valence-electron chi connectivity index (χ0n) is 17.7. The van der Waals surface area contributed by atoms with Gasteiger partial charge in [-0.2, -0.15) is 5.10 Å². The molecule has 0 atom stereocenters. The Morgan fingerprint density at radius 1 is 1.30 bits per heavy atom. The summed E-state index contributed by atoms with van der Waals surface area (Å²) in [5.41, 5.74) is 4.19. The monoisotopic (exact) mass is 413 g/mol. The molecule has 0 aliphatic rings. The second kappa shape index (κ2) is 15.2. The number of halogens is 1. The predicted molar refractivity (Wildman–Crippen MR) is 119 cm³/mol. The van der Waals surface area contributed by atoms with Crippen molar-refractivity contribution >= 4 is 18.4 Å². The highest BCUT2D eigenvalue weighted by molar-refractivity contribution is 5.93. The van der Waals surface area contributed by atoms with E-state index in [1.807, 2.05) is 13.0 Å². The Morgan fingerprint density at radius 2 is 2.00 bits per heavy atom. The lowest BCUT2D eigenvalue weighted by Crippen LogP contribution is -2.19. The van der Waals surface area contributed by atoms with Crippen LogP contribution in [0.25, 0.3) is 0 Å². The molecule has 0 radical (unpaired) electrons. The lowest BCUT2D eigenvalue weighted by Gasteiger charge is -2.02. The van der Waals surface area contributed by atoms with Crippen LogP contribution in [0.1, 0.15) is 25.4 Å². The van der Waals surface area contributed by atoms with E-state index >= 15 is 0 Å². The van der Waals surface area contributed by atoms with Crippen LogP contribution in [-0.4, -0.2) is 25.5 Å². The maximum atomic E-state index is 11.9. The zero-order valence-corrected chi connectivity index (χ0v) is 17.7. The molecule has 0 saturated carbocycles. The fourth-order valence-corrected chi connectivity index (χ4v) is 1.79. The molecule has 1 aromatic heterocycles. The number of rotatable bonds is 9. The van der Waals surface area contributed by atoms with Crippen LogP contribution >= 0.6 is 0 Å². The van der Waals surface area contributed by atoms with E-state index in [-0.39, 0.29) is 5.91 Å². The number of carbonyl (C=O) groups excluding carboxylic acids is 2. The molecule has 1 aromatic rings. The molecule has 0 aliphatic carbocycles. The largest absolute Gasteiger partial charge is 0.460 e. The molecule has 0 unspecified atom stereocenters. The van der Waals surface area contributed by atoms with Crippen molar-refractivity contribution in [1.82, 2.24) is 10.7 Å². The van der Waals surface area contributed by atoms with Gasteiger partial charge in [-0.25, -0.2) is 9.82 Å². The first-order valence-corrected chi connectivity index (χ1v) is 8.99. The van der Waals surface area contributed by atoms with E-state index in [2.05, 4.69) is 29.0 Å². The summed E-state index contributed by atoms with van der Waals surface area (Å²) >= 11 is 0. The summed E-state index contributed by atoms with van der Waals surface area (Å²) in [5.74, 6) is 0.546. The molecule has 0 spiro atoms. The Bertz CT molecular complexity index is 887. The van der Waals surface area contributed by atoms with Gasteiger partial charge in [-0.15, -0.1) is 0 Å². The number of nitrogens with zero attached hydrogens (tertiary/aromatic N) is 1. The van der Waals surface area contributed by atoms with E-state index in [1.165, 1.54) is 12.3 Å². The molecule has 7 heteroatoms. The van der Waals surface area contributed by atoms with Gasteiger partial charge in [-0.1, -0.05) is 25.3 Å². The second-order valence-corrected chi connectivity index (χ2v) is 5.77. The van der Waals surface area contributed by atoms with Crippen molar-refractivity contribution < 1.29 is 18.4 Å². The lowest BCUT2D eigenvalue weighted by molar-refractivity contribution is -0.117. The van der Waals surface area contributed by atoms with Crippen LogP contribution in [0.15, 0.2) is 93.9 Å². The first-order chi connectivity index (χ1) is 14.3. The maximum absolute atomic E-state index is 11.9. The molecule has 1 heterocycles. The Kier molecular flexibility index (Phi) is 13.3. The number of carbonyl (C=O) groups is 2. The van der Waals surface area contributed by atoms with Crippen LogP contribution in [-0.2, 0) is 9.59 Å². The van der Waals surface area contributed by atoms with Gasteiger partial charge in [0.05, 0.1) is 6.21 Å². The van der Waals surface area contributed by atoms with Gasteiger partial charge in [-0.05, 0) is 57.2 Å². The van der Waals surface area contributed by atoms with Crippen molar-refractivity contribution in [2.75, 3.05) is 7.05 Å². The topological polar surface area (TPSA) is 83.7 Å². The minimum absolute atomic E-state index is 0.283. The second-order valence-electron chi connectivity index (χ2n) is 5.77. The van der Waals surface area contributed by atoms with Crippen molar-refractivity contribution in [3.63, 3.8) is 0 Å². The number of aldehydes is 1. The van der Waals surface area contributed by atoms with Gasteiger partial charge in [0.25, 0.3) is 5.91 Å². The van der Waals surface area contributed by atoms with Gasteiger partial charge in [-0.3, -0.25) is 9.59 Å². The van der Waals surface area contributed by atoms with Crippen LogP contribution in [0.4, 0.5) is 4.39 Å². The number of allylic oxidation sites excluding steroid dienone is 8. The average molecular weight is 413 g/mol. The summed E-state index contributed by atoms with van der Waals surface area (Å²) in [6.07, 6.45) is 11.3. The molecule has 160 valence electrons. The van der Waals surface area contributed by atoms with Crippen LogP contribution in [0.3, 0.4) is 0 Å². The summed E-state index contributed by atoms with van der Waals surface area (Å²) < 4.78 is 17.2. The molecule has 6 nitrogen and oxygen atoms in total. The number of likely N-dealkylation sites (N-methyl/N-ethyl adjacent to an activating group) is 1. The molecular weight excluding hydrogens is 385 g/mol. The Morgan fingerprint density at radius 3 is 2.47 bits per heavy atom. The SMILES string of the molecule is C=C(F)/C=C\C(C=O)=C/C.C=C/C=C(\C=C(/C)C(=O)N/N=C/c1ccc(C)o1)NC. The first kappa shape index (κ1) is 26.3. The zero-order chi connectivity index (χ0) is 22.9. The van der Waals surface area contributed by atoms with Gasteiger partial charge in [0.15, 0.2) is 0 Å². The number of hydrogen-bond donors (Lipinski definition) is 2. The fraction of sp³-hybridized carbons (Fsp3) is 0.174. The number of aryl methyl sites for hydroxylation is 1. The highest BCUT2D eigenvalue weighted by Gasteiger charge is 2.03. The summed E-state index contributed by atoms with van der Waals surface area (Å²) in [7, 11) is 1.77. The molecule has 2 N–H and O–H groups in total. The van der Waals surface area contributed by atoms with Gasteiger partial charge >= 0.3 is 0 Å². The molecular formula is C23H28FN3O3. The van der Waals surface area contributed by atoms with Gasteiger partial charge in [0.1, 0.15) is 23.6 Å². The fourth-order valence-electron chi connectivity index (χ4n) is 1.79. The van der Waals surface area contributed by atoms with Gasteiger partial charge in [0.2, 0.25) is 0 Å². The summed E-state index contributed by atoms with van der Waals surface area (Å²) in [6, 6.07) is 3.60. The third-order valence-electron chi connectivity index (χ3n) is 3.36. The maximum Gasteiger partial charge on any atom is 0.267 e. The third-order valence-corrected chi connectivity index (χ3v) is 3.36. The average Bonchev–Trinajstić information content (AvgIpc) is 3.13. The Hall–Kier alpha value is -3.74. The van der Waals surface area contributed by atoms with E-state index in [4.69, 9.17) is 4.42 Å². The smallest absolute Gasteiger partial charge is 0.267 e. The molecule has 1 amide bonds. The molecule has 0 aromatic carbocycles. The molecule has 0 aliphatic heterocycles. The van der Waals surface area contributed by atoms with Gasteiger partial charge in [0, 0.05) is 23.9 Å². The van der Waals surface area contributed by atoms with Crippen LogP contribution in [0.2, 0.25) is 0 Å². The molecule has 0 fully saturated rings. The minimum atomic E-state index is -0.554. The Balaban J connectivity index is 0.000000710. The van der Waals surface area contributed by atoms with E-state index in [1.54, 1.807) is 51.3 Å². The van der Waals surface area contributed by atoms with Crippen molar-refractivity contribution in [2.24, 2.45) is 5.10 Å². The quantitative estimate of drug-likeness (QED) is 0.206. The standard InChI is InChI=1S/C15H19N3O2.C8H9FO/c1-5-6-13(16-4)9-11(2)15(19)18-17-10-14-8-7-12(3)20-14;1-3-8(6-10)5-4-7(2)9/h5-10,16H,1H2,2-4H3,(H,18,19);3-6H,2H2,1H3/b11-9+,13-6+,17-10+;5-4-,8-3+. The highest BCUT2D eigenvalue weighted by atomic mass is 19.1. The normalized spacial score (nSPS) is 12.4. The predicted octanol–water partition coefficient (Wildman–Crippen LogP) is 4.44. The van der Waals surface area contributed by atoms with E-state index < -0.39 is 5.83 Å².